The molecule has 2 aliphatic rings. The number of alkyl halides is 2. The quantitative estimate of drug-likeness (QED) is 0.506. The molecule has 4 atom stereocenters. The molecule has 0 spiro atoms. The molecule has 1 aromatic heterocycles. The fraction of sp³-hybridized carbons (Fsp3) is 0.538. The van der Waals surface area contributed by atoms with E-state index >= 15 is 0 Å². The van der Waals surface area contributed by atoms with Gasteiger partial charge < -0.3 is 20.6 Å². The third-order valence-electron chi connectivity index (χ3n) is 6.85. The van der Waals surface area contributed by atoms with Gasteiger partial charge in [0.15, 0.2) is 11.8 Å². The molecule has 2 heterocycles. The third kappa shape index (κ3) is 5.67. The lowest BCUT2D eigenvalue weighted by molar-refractivity contribution is -0.145. The molecule has 3 amide bonds. The first-order chi connectivity index (χ1) is 17.3. The molecule has 0 bridgehead atoms. The van der Waals surface area contributed by atoms with E-state index in [1.54, 1.807) is 26.3 Å². The normalized spacial score (nSPS) is 23.4. The summed E-state index contributed by atoms with van der Waals surface area (Å²) in [4.78, 5) is 45.1. The summed E-state index contributed by atoms with van der Waals surface area (Å²) in [6.07, 6.45) is -3.41. The predicted molar refractivity (Wildman–Crippen MR) is 135 cm³/mol. The lowest BCUT2D eigenvalue weighted by Crippen LogP contribution is -2.59. The molecular weight excluding hydrogens is 502 g/mol. The summed E-state index contributed by atoms with van der Waals surface area (Å²) in [5.74, 6) is -2.40. The standard InChI is InChI=1S/C26H32F2N4O4S/c1-14-20(37-13-30-14)16-7-5-15(6-8-16)11-29-22(34)19-18(27)17(33)12-32(19)23(35)21(25(2,3)4)31-24(36)26(28)9-10-26/h5-8,13,17-19,21,33H,9-12H2,1-4H3,(H,29,34)(H,31,36)/t17-,18-,19-,21+/m0/s1. The van der Waals surface area contributed by atoms with Crippen molar-refractivity contribution in [3.8, 4) is 10.4 Å². The molecule has 2 aromatic rings. The molecule has 3 N–H and O–H groups in total. The molecule has 1 saturated carbocycles. The Hall–Kier alpha value is -2.92. The van der Waals surface area contributed by atoms with Crippen LogP contribution in [0.15, 0.2) is 29.8 Å². The average Bonchev–Trinajstić information content (AvgIpc) is 3.34. The van der Waals surface area contributed by atoms with Crippen LogP contribution in [0.4, 0.5) is 8.78 Å². The van der Waals surface area contributed by atoms with E-state index in [1.165, 1.54) is 11.3 Å². The van der Waals surface area contributed by atoms with Gasteiger partial charge in [-0.3, -0.25) is 14.4 Å². The topological polar surface area (TPSA) is 112 Å². The zero-order valence-electron chi connectivity index (χ0n) is 21.3. The van der Waals surface area contributed by atoms with Crippen LogP contribution in [0.5, 0.6) is 0 Å². The van der Waals surface area contributed by atoms with E-state index in [4.69, 9.17) is 0 Å². The van der Waals surface area contributed by atoms with Crippen molar-refractivity contribution < 1.29 is 28.3 Å². The van der Waals surface area contributed by atoms with Crippen LogP contribution in [-0.2, 0) is 20.9 Å². The summed E-state index contributed by atoms with van der Waals surface area (Å²) >= 11 is 1.53. The first-order valence-electron chi connectivity index (χ1n) is 12.2. The minimum absolute atomic E-state index is 0.0781. The Kier molecular flexibility index (Phi) is 7.40. The van der Waals surface area contributed by atoms with Crippen LogP contribution < -0.4 is 10.6 Å². The number of thiazole rings is 1. The highest BCUT2D eigenvalue weighted by molar-refractivity contribution is 7.13. The summed E-state index contributed by atoms with van der Waals surface area (Å²) in [6, 6.07) is 4.70. The van der Waals surface area contributed by atoms with Crippen LogP contribution in [0.25, 0.3) is 10.4 Å². The number of hydrogen-bond acceptors (Lipinski definition) is 6. The number of aryl methyl sites for hydroxylation is 1. The van der Waals surface area contributed by atoms with Crippen molar-refractivity contribution in [2.45, 2.75) is 77.1 Å². The number of likely N-dealkylation sites (tertiary alicyclic amines) is 1. The number of nitrogens with zero attached hydrogens (tertiary/aromatic N) is 2. The van der Waals surface area contributed by atoms with Crippen molar-refractivity contribution in [1.82, 2.24) is 20.5 Å². The van der Waals surface area contributed by atoms with Gasteiger partial charge in [0.05, 0.1) is 22.6 Å². The Morgan fingerprint density at radius 2 is 1.89 bits per heavy atom. The van der Waals surface area contributed by atoms with Crippen molar-refractivity contribution in [2.24, 2.45) is 5.41 Å². The van der Waals surface area contributed by atoms with E-state index in [9.17, 15) is 28.3 Å². The maximum absolute atomic E-state index is 15.0. The highest BCUT2D eigenvalue weighted by Crippen LogP contribution is 2.40. The van der Waals surface area contributed by atoms with Gasteiger partial charge in [0, 0.05) is 6.54 Å². The smallest absolute Gasteiger partial charge is 0.258 e. The maximum Gasteiger partial charge on any atom is 0.258 e. The Bertz CT molecular complexity index is 1180. The van der Waals surface area contributed by atoms with Gasteiger partial charge in [-0.2, -0.15) is 0 Å². The van der Waals surface area contributed by atoms with Crippen LogP contribution in [0, 0.1) is 12.3 Å². The van der Waals surface area contributed by atoms with Gasteiger partial charge in [-0.25, -0.2) is 13.8 Å². The minimum atomic E-state index is -2.01. The summed E-state index contributed by atoms with van der Waals surface area (Å²) in [5.41, 5.74) is 1.60. The summed E-state index contributed by atoms with van der Waals surface area (Å²) in [7, 11) is 0. The Labute approximate surface area is 218 Å². The lowest BCUT2D eigenvalue weighted by atomic mass is 9.85. The number of hydrogen-bond donors (Lipinski definition) is 3. The molecule has 1 aromatic carbocycles. The van der Waals surface area contributed by atoms with Gasteiger partial charge in [0.25, 0.3) is 5.91 Å². The third-order valence-corrected chi connectivity index (χ3v) is 7.83. The largest absolute Gasteiger partial charge is 0.388 e. The van der Waals surface area contributed by atoms with Crippen LogP contribution in [-0.4, -0.2) is 69.3 Å². The molecule has 4 rings (SSSR count). The van der Waals surface area contributed by atoms with Crippen molar-refractivity contribution in [1.29, 1.82) is 0 Å². The molecule has 1 aliphatic carbocycles. The summed E-state index contributed by atoms with van der Waals surface area (Å²) < 4.78 is 29.3. The van der Waals surface area contributed by atoms with E-state index in [-0.39, 0.29) is 19.4 Å². The summed E-state index contributed by atoms with van der Waals surface area (Å²) in [5, 5.41) is 15.3. The highest BCUT2D eigenvalue weighted by atomic mass is 32.1. The number of aliphatic hydroxyl groups is 1. The molecular formula is C26H32F2N4O4S. The Balaban J connectivity index is 1.46. The Morgan fingerprint density at radius 3 is 2.43 bits per heavy atom. The zero-order valence-corrected chi connectivity index (χ0v) is 22.1. The number of carbonyl (C=O) groups is 3. The second-order valence-corrected chi connectivity index (χ2v) is 11.7. The molecule has 0 radical (unpaired) electrons. The van der Waals surface area contributed by atoms with Crippen molar-refractivity contribution in [3.63, 3.8) is 0 Å². The molecule has 0 unspecified atom stereocenters. The van der Waals surface area contributed by atoms with Crippen LogP contribution in [0.2, 0.25) is 0 Å². The molecule has 11 heteroatoms. The summed E-state index contributed by atoms with van der Waals surface area (Å²) in [6.45, 7) is 6.64. The second kappa shape index (κ2) is 10.1. The number of nitrogens with one attached hydrogen (secondary N) is 2. The van der Waals surface area contributed by atoms with Crippen molar-refractivity contribution in [2.75, 3.05) is 6.54 Å². The number of rotatable bonds is 7. The fourth-order valence-corrected chi connectivity index (χ4v) is 5.18. The van der Waals surface area contributed by atoms with Crippen LogP contribution >= 0.6 is 11.3 Å². The van der Waals surface area contributed by atoms with E-state index in [1.807, 2.05) is 31.2 Å². The van der Waals surface area contributed by atoms with Crippen molar-refractivity contribution >= 4 is 29.1 Å². The number of β-amino-alcohol motifs (C(OH)–C–C–N with tert-alkyl or cyclic N) is 1. The van der Waals surface area contributed by atoms with Crippen LogP contribution in [0.3, 0.4) is 0 Å². The lowest BCUT2D eigenvalue weighted by Gasteiger charge is -2.35. The van der Waals surface area contributed by atoms with Gasteiger partial charge in [-0.1, -0.05) is 45.0 Å². The molecule has 1 aliphatic heterocycles. The predicted octanol–water partition coefficient (Wildman–Crippen LogP) is 2.68. The first-order valence-corrected chi connectivity index (χ1v) is 13.1. The van der Waals surface area contributed by atoms with Crippen LogP contribution in [0.1, 0.15) is 44.9 Å². The number of benzene rings is 1. The fourth-order valence-electron chi connectivity index (χ4n) is 4.37. The van der Waals surface area contributed by atoms with Crippen molar-refractivity contribution in [3.05, 3.63) is 41.0 Å². The number of halogens is 2. The van der Waals surface area contributed by atoms with Gasteiger partial charge in [-0.15, -0.1) is 11.3 Å². The number of aromatic nitrogens is 1. The monoisotopic (exact) mass is 534 g/mol. The number of carbonyl (C=O) groups excluding carboxylic acids is 3. The molecule has 8 nitrogen and oxygen atoms in total. The average molecular weight is 535 g/mol. The number of amides is 3. The van der Waals surface area contributed by atoms with Gasteiger partial charge in [0.2, 0.25) is 11.8 Å². The minimum Gasteiger partial charge on any atom is -0.388 e. The number of aliphatic hydroxyl groups excluding tert-OH is 1. The molecule has 1 saturated heterocycles. The van der Waals surface area contributed by atoms with E-state index in [0.717, 1.165) is 26.6 Å². The molecule has 2 fully saturated rings. The van der Waals surface area contributed by atoms with Gasteiger partial charge in [0.1, 0.15) is 18.2 Å². The van der Waals surface area contributed by atoms with Gasteiger partial charge >= 0.3 is 0 Å². The SMILES string of the molecule is Cc1ncsc1-c1ccc(CNC(=O)[C@@H]2[C@@H](F)[C@@H](O)CN2C(=O)[C@@H](NC(=O)C2(F)CC2)C(C)(C)C)cc1. The van der Waals surface area contributed by atoms with Gasteiger partial charge in [-0.05, 0) is 36.3 Å². The highest BCUT2D eigenvalue weighted by Gasteiger charge is 2.54. The maximum atomic E-state index is 15.0. The zero-order chi connectivity index (χ0) is 27.1. The van der Waals surface area contributed by atoms with E-state index < -0.39 is 59.7 Å². The second-order valence-electron chi connectivity index (χ2n) is 10.9. The first kappa shape index (κ1) is 27.1. The van der Waals surface area contributed by atoms with E-state index in [0.29, 0.717) is 0 Å². The Morgan fingerprint density at radius 1 is 1.24 bits per heavy atom. The molecule has 200 valence electrons. The van der Waals surface area contributed by atoms with E-state index in [2.05, 4.69) is 15.6 Å². The molecule has 37 heavy (non-hydrogen) atoms.